The van der Waals surface area contributed by atoms with E-state index in [4.69, 9.17) is 10.5 Å². The van der Waals surface area contributed by atoms with Crippen LogP contribution in [-0.2, 0) is 6.54 Å². The van der Waals surface area contributed by atoms with Crippen LogP contribution >= 0.6 is 15.9 Å². The maximum Gasteiger partial charge on any atom is 0.219 e. The molecule has 16 heavy (non-hydrogen) atoms. The van der Waals surface area contributed by atoms with Crippen molar-refractivity contribution in [3.8, 4) is 11.6 Å². The quantitative estimate of drug-likeness (QED) is 0.939. The highest BCUT2D eigenvalue weighted by Gasteiger charge is 2.03. The summed E-state index contributed by atoms with van der Waals surface area (Å²) in [6, 6.07) is 11.3. The molecule has 1 aromatic heterocycles. The van der Waals surface area contributed by atoms with Crippen LogP contribution in [0.5, 0.6) is 11.6 Å². The van der Waals surface area contributed by atoms with Crippen molar-refractivity contribution < 1.29 is 4.74 Å². The molecule has 3 nitrogen and oxygen atoms in total. The number of ether oxygens (including phenoxy) is 1. The van der Waals surface area contributed by atoms with Crippen LogP contribution in [0.25, 0.3) is 0 Å². The van der Waals surface area contributed by atoms with Gasteiger partial charge in [0.05, 0.1) is 0 Å². The van der Waals surface area contributed by atoms with Gasteiger partial charge in [0.2, 0.25) is 5.88 Å². The van der Waals surface area contributed by atoms with Gasteiger partial charge in [-0.15, -0.1) is 0 Å². The number of nitrogens with zero attached hydrogens (tertiary/aromatic N) is 1. The van der Waals surface area contributed by atoms with Crippen molar-refractivity contribution in [2.75, 3.05) is 0 Å². The molecule has 2 aromatic rings. The zero-order chi connectivity index (χ0) is 11.4. The number of halogens is 1. The average molecular weight is 279 g/mol. The van der Waals surface area contributed by atoms with Gasteiger partial charge in [0, 0.05) is 28.8 Å². The Morgan fingerprint density at radius 2 is 2.00 bits per heavy atom. The van der Waals surface area contributed by atoms with Crippen molar-refractivity contribution >= 4 is 15.9 Å². The SMILES string of the molecule is NCc1ccccc1Oc1ccc(Br)cn1. The molecule has 0 spiro atoms. The smallest absolute Gasteiger partial charge is 0.219 e. The van der Waals surface area contributed by atoms with Gasteiger partial charge in [0.1, 0.15) is 5.75 Å². The van der Waals surface area contributed by atoms with Crippen LogP contribution in [0.2, 0.25) is 0 Å². The molecule has 1 aromatic carbocycles. The van der Waals surface area contributed by atoms with Crippen molar-refractivity contribution in [3.05, 3.63) is 52.6 Å². The predicted octanol–water partition coefficient (Wildman–Crippen LogP) is 3.10. The van der Waals surface area contributed by atoms with Gasteiger partial charge in [-0.1, -0.05) is 18.2 Å². The zero-order valence-electron chi connectivity index (χ0n) is 8.56. The van der Waals surface area contributed by atoms with E-state index in [9.17, 15) is 0 Å². The molecule has 0 bridgehead atoms. The Labute approximate surface area is 102 Å². The standard InChI is InChI=1S/C12H11BrN2O/c13-10-5-6-12(15-8-10)16-11-4-2-1-3-9(11)7-14/h1-6,8H,7,14H2. The maximum atomic E-state index is 5.64. The number of benzene rings is 1. The monoisotopic (exact) mass is 278 g/mol. The van der Waals surface area contributed by atoms with Gasteiger partial charge in [0.15, 0.2) is 0 Å². The first kappa shape index (κ1) is 11.1. The van der Waals surface area contributed by atoms with Crippen LogP contribution in [0.3, 0.4) is 0 Å². The Morgan fingerprint density at radius 1 is 1.19 bits per heavy atom. The van der Waals surface area contributed by atoms with E-state index in [1.807, 2.05) is 30.3 Å². The van der Waals surface area contributed by atoms with E-state index in [1.165, 1.54) is 0 Å². The van der Waals surface area contributed by atoms with Gasteiger partial charge in [-0.05, 0) is 28.1 Å². The van der Waals surface area contributed by atoms with Gasteiger partial charge in [-0.25, -0.2) is 4.98 Å². The zero-order valence-corrected chi connectivity index (χ0v) is 10.1. The molecule has 0 unspecified atom stereocenters. The molecule has 0 saturated carbocycles. The molecule has 0 atom stereocenters. The summed E-state index contributed by atoms with van der Waals surface area (Å²) in [5.74, 6) is 1.31. The van der Waals surface area contributed by atoms with Gasteiger partial charge >= 0.3 is 0 Å². The van der Waals surface area contributed by atoms with Crippen molar-refractivity contribution in [3.63, 3.8) is 0 Å². The first-order valence-electron chi connectivity index (χ1n) is 4.87. The molecule has 0 aliphatic rings. The number of para-hydroxylation sites is 1. The normalized spacial score (nSPS) is 10.1. The fraction of sp³-hybridized carbons (Fsp3) is 0.0833. The Hall–Kier alpha value is -1.39. The summed E-state index contributed by atoms with van der Waals surface area (Å²) < 4.78 is 6.57. The average Bonchev–Trinajstić information content (AvgIpc) is 2.33. The Balaban J connectivity index is 2.23. The molecule has 0 aliphatic carbocycles. The Morgan fingerprint density at radius 3 is 2.69 bits per heavy atom. The molecule has 1 heterocycles. The third-order valence-electron chi connectivity index (χ3n) is 2.11. The van der Waals surface area contributed by atoms with Gasteiger partial charge in [-0.3, -0.25) is 0 Å². The second-order valence-electron chi connectivity index (χ2n) is 3.23. The minimum atomic E-state index is 0.451. The van der Waals surface area contributed by atoms with E-state index in [-0.39, 0.29) is 0 Å². The second kappa shape index (κ2) is 5.09. The summed E-state index contributed by atoms with van der Waals surface area (Å²) in [6.45, 7) is 0.451. The summed E-state index contributed by atoms with van der Waals surface area (Å²) >= 11 is 3.32. The second-order valence-corrected chi connectivity index (χ2v) is 4.14. The predicted molar refractivity (Wildman–Crippen MR) is 66.3 cm³/mol. The molecule has 0 amide bonds. The van der Waals surface area contributed by atoms with Gasteiger partial charge in [-0.2, -0.15) is 0 Å². The summed E-state index contributed by atoms with van der Waals surface area (Å²) in [5, 5.41) is 0. The molecule has 2 rings (SSSR count). The summed E-state index contributed by atoms with van der Waals surface area (Å²) in [5.41, 5.74) is 6.59. The third kappa shape index (κ3) is 2.59. The van der Waals surface area contributed by atoms with E-state index in [1.54, 1.807) is 12.3 Å². The fourth-order valence-corrected chi connectivity index (χ4v) is 1.54. The number of hydrogen-bond donors (Lipinski definition) is 1. The Bertz CT molecular complexity index is 471. The highest BCUT2D eigenvalue weighted by atomic mass is 79.9. The maximum absolute atomic E-state index is 5.64. The van der Waals surface area contributed by atoms with E-state index in [2.05, 4.69) is 20.9 Å². The lowest BCUT2D eigenvalue weighted by Gasteiger charge is -2.08. The first-order valence-corrected chi connectivity index (χ1v) is 5.66. The number of hydrogen-bond acceptors (Lipinski definition) is 3. The van der Waals surface area contributed by atoms with Crippen LogP contribution in [0.15, 0.2) is 47.1 Å². The molecule has 82 valence electrons. The topological polar surface area (TPSA) is 48.1 Å². The highest BCUT2D eigenvalue weighted by molar-refractivity contribution is 9.10. The van der Waals surface area contributed by atoms with Crippen molar-refractivity contribution in [2.24, 2.45) is 5.73 Å². The molecule has 0 saturated heterocycles. The molecular formula is C12H11BrN2O. The number of nitrogens with two attached hydrogens (primary N) is 1. The number of rotatable bonds is 3. The van der Waals surface area contributed by atoms with E-state index >= 15 is 0 Å². The molecular weight excluding hydrogens is 268 g/mol. The lowest BCUT2D eigenvalue weighted by molar-refractivity contribution is 0.457. The number of pyridine rings is 1. The summed E-state index contributed by atoms with van der Waals surface area (Å²) in [4.78, 5) is 4.14. The minimum absolute atomic E-state index is 0.451. The van der Waals surface area contributed by atoms with E-state index in [0.717, 1.165) is 15.8 Å². The van der Waals surface area contributed by atoms with Crippen LogP contribution in [-0.4, -0.2) is 4.98 Å². The van der Waals surface area contributed by atoms with Crippen molar-refractivity contribution in [1.29, 1.82) is 0 Å². The van der Waals surface area contributed by atoms with Gasteiger partial charge in [0.25, 0.3) is 0 Å². The molecule has 4 heteroatoms. The third-order valence-corrected chi connectivity index (χ3v) is 2.58. The van der Waals surface area contributed by atoms with Gasteiger partial charge < -0.3 is 10.5 Å². The lowest BCUT2D eigenvalue weighted by atomic mass is 10.2. The molecule has 0 fully saturated rings. The first-order chi connectivity index (χ1) is 7.79. The minimum Gasteiger partial charge on any atom is -0.439 e. The van der Waals surface area contributed by atoms with Crippen molar-refractivity contribution in [1.82, 2.24) is 4.98 Å². The van der Waals surface area contributed by atoms with E-state index in [0.29, 0.717) is 12.4 Å². The Kier molecular flexibility index (Phi) is 3.54. The molecule has 0 aliphatic heterocycles. The fourth-order valence-electron chi connectivity index (χ4n) is 1.31. The lowest BCUT2D eigenvalue weighted by Crippen LogP contribution is -1.99. The molecule has 2 N–H and O–H groups in total. The van der Waals surface area contributed by atoms with Crippen molar-refractivity contribution in [2.45, 2.75) is 6.54 Å². The van der Waals surface area contributed by atoms with E-state index < -0.39 is 0 Å². The van der Waals surface area contributed by atoms with Crippen LogP contribution < -0.4 is 10.5 Å². The number of aromatic nitrogens is 1. The van der Waals surface area contributed by atoms with Crippen LogP contribution in [0, 0.1) is 0 Å². The highest BCUT2D eigenvalue weighted by Crippen LogP contribution is 2.24. The summed E-state index contributed by atoms with van der Waals surface area (Å²) in [6.07, 6.45) is 1.69. The van der Waals surface area contributed by atoms with Crippen LogP contribution in [0.4, 0.5) is 0 Å². The van der Waals surface area contributed by atoms with Crippen LogP contribution in [0.1, 0.15) is 5.56 Å². The summed E-state index contributed by atoms with van der Waals surface area (Å²) in [7, 11) is 0. The largest absolute Gasteiger partial charge is 0.439 e. The molecule has 0 radical (unpaired) electrons.